The topological polar surface area (TPSA) is 38.3 Å². The Kier molecular flexibility index (Phi) is 5.59. The smallest absolute Gasteiger partial charge is 0.258 e. The van der Waals surface area contributed by atoms with Crippen LogP contribution in [0.2, 0.25) is 0 Å². The summed E-state index contributed by atoms with van der Waals surface area (Å²) in [5.74, 6) is 0.646. The number of carbonyl (C=O) groups excluding carboxylic acids is 1. The number of ether oxygens (including phenoxy) is 1. The lowest BCUT2D eigenvalue weighted by atomic mass is 10.2. The first kappa shape index (κ1) is 13.3. The molecule has 0 bridgehead atoms. The van der Waals surface area contributed by atoms with Crippen molar-refractivity contribution in [3.05, 3.63) is 27.8 Å². The highest BCUT2D eigenvalue weighted by atomic mass is 127. The predicted molar refractivity (Wildman–Crippen MR) is 72.5 cm³/mol. The minimum absolute atomic E-state index is 0.0743. The summed E-state index contributed by atoms with van der Waals surface area (Å²) in [5, 5.41) is 2.85. The van der Waals surface area contributed by atoms with E-state index < -0.39 is 0 Å². The SMILES string of the molecule is CCC(C)NC(=O)COc1ccc(I)cc1. The number of carbonyl (C=O) groups is 1. The zero-order chi connectivity index (χ0) is 12.0. The van der Waals surface area contributed by atoms with Crippen LogP contribution in [0.3, 0.4) is 0 Å². The molecule has 4 heteroatoms. The molecule has 0 aliphatic carbocycles. The van der Waals surface area contributed by atoms with Crippen LogP contribution in [0.5, 0.6) is 5.75 Å². The molecule has 1 unspecified atom stereocenters. The van der Waals surface area contributed by atoms with Gasteiger partial charge in [-0.3, -0.25) is 4.79 Å². The summed E-state index contributed by atoms with van der Waals surface area (Å²) in [5.41, 5.74) is 0. The van der Waals surface area contributed by atoms with Gasteiger partial charge >= 0.3 is 0 Å². The normalized spacial score (nSPS) is 11.9. The van der Waals surface area contributed by atoms with Crippen LogP contribution >= 0.6 is 22.6 Å². The summed E-state index contributed by atoms with van der Waals surface area (Å²) in [6.45, 7) is 4.08. The number of nitrogens with one attached hydrogen (secondary N) is 1. The Hall–Kier alpha value is -0.780. The summed E-state index contributed by atoms with van der Waals surface area (Å²) in [4.78, 5) is 11.4. The third kappa shape index (κ3) is 4.83. The molecule has 0 aliphatic rings. The highest BCUT2D eigenvalue weighted by Gasteiger charge is 2.05. The monoisotopic (exact) mass is 333 g/mol. The van der Waals surface area contributed by atoms with E-state index in [0.717, 1.165) is 15.7 Å². The zero-order valence-electron chi connectivity index (χ0n) is 9.50. The molecular weight excluding hydrogens is 317 g/mol. The molecule has 0 saturated heterocycles. The van der Waals surface area contributed by atoms with Crippen molar-refractivity contribution in [3.8, 4) is 5.75 Å². The minimum atomic E-state index is -0.0760. The second kappa shape index (κ2) is 6.73. The van der Waals surface area contributed by atoms with Crippen LogP contribution < -0.4 is 10.1 Å². The van der Waals surface area contributed by atoms with Gasteiger partial charge in [-0.05, 0) is 60.2 Å². The third-order valence-electron chi connectivity index (χ3n) is 2.20. The molecule has 3 nitrogen and oxygen atoms in total. The Morgan fingerprint density at radius 2 is 2.06 bits per heavy atom. The Balaban J connectivity index is 2.34. The van der Waals surface area contributed by atoms with Crippen LogP contribution in [-0.2, 0) is 4.79 Å². The number of halogens is 1. The second-order valence-corrected chi connectivity index (χ2v) is 4.87. The largest absolute Gasteiger partial charge is 0.484 e. The Morgan fingerprint density at radius 1 is 1.44 bits per heavy atom. The summed E-state index contributed by atoms with van der Waals surface area (Å²) in [6, 6.07) is 7.81. The molecule has 0 aliphatic heterocycles. The molecule has 1 aromatic carbocycles. The van der Waals surface area contributed by atoms with Crippen LogP contribution in [0.4, 0.5) is 0 Å². The lowest BCUT2D eigenvalue weighted by Crippen LogP contribution is -2.35. The van der Waals surface area contributed by atoms with Crippen LogP contribution in [0.1, 0.15) is 20.3 Å². The second-order valence-electron chi connectivity index (χ2n) is 3.62. The quantitative estimate of drug-likeness (QED) is 0.841. The first-order valence-electron chi connectivity index (χ1n) is 5.29. The molecule has 16 heavy (non-hydrogen) atoms. The maximum atomic E-state index is 11.4. The summed E-state index contributed by atoms with van der Waals surface area (Å²) in [6.07, 6.45) is 0.926. The summed E-state index contributed by atoms with van der Waals surface area (Å²) < 4.78 is 6.50. The third-order valence-corrected chi connectivity index (χ3v) is 2.92. The molecule has 1 N–H and O–H groups in total. The molecule has 1 amide bonds. The molecule has 88 valence electrons. The van der Waals surface area contributed by atoms with Crippen LogP contribution in [0, 0.1) is 3.57 Å². The molecule has 0 saturated carbocycles. The van der Waals surface area contributed by atoms with Gasteiger partial charge in [-0.1, -0.05) is 6.92 Å². The van der Waals surface area contributed by atoms with Gasteiger partial charge < -0.3 is 10.1 Å². The molecule has 0 heterocycles. The fourth-order valence-corrected chi connectivity index (χ4v) is 1.46. The lowest BCUT2D eigenvalue weighted by Gasteiger charge is -2.11. The van der Waals surface area contributed by atoms with Gasteiger partial charge in [0.1, 0.15) is 5.75 Å². The van der Waals surface area contributed by atoms with Crippen LogP contribution in [0.25, 0.3) is 0 Å². The van der Waals surface area contributed by atoms with Gasteiger partial charge in [0.25, 0.3) is 5.91 Å². The maximum absolute atomic E-state index is 11.4. The van der Waals surface area contributed by atoms with E-state index in [-0.39, 0.29) is 18.6 Å². The van der Waals surface area contributed by atoms with E-state index in [1.54, 1.807) is 0 Å². The van der Waals surface area contributed by atoms with Crippen LogP contribution in [-0.4, -0.2) is 18.6 Å². The lowest BCUT2D eigenvalue weighted by molar-refractivity contribution is -0.123. The van der Waals surface area contributed by atoms with E-state index in [0.29, 0.717) is 0 Å². The fourth-order valence-electron chi connectivity index (χ4n) is 1.10. The minimum Gasteiger partial charge on any atom is -0.484 e. The molecule has 0 spiro atoms. The molecule has 0 fully saturated rings. The first-order chi connectivity index (χ1) is 7.61. The first-order valence-corrected chi connectivity index (χ1v) is 6.37. The maximum Gasteiger partial charge on any atom is 0.258 e. The van der Waals surface area contributed by atoms with Crippen molar-refractivity contribution in [2.75, 3.05) is 6.61 Å². The number of hydrogen-bond donors (Lipinski definition) is 1. The van der Waals surface area contributed by atoms with E-state index in [1.807, 2.05) is 38.1 Å². The van der Waals surface area contributed by atoms with Crippen molar-refractivity contribution in [2.24, 2.45) is 0 Å². The predicted octanol–water partition coefficient (Wildman–Crippen LogP) is 2.58. The van der Waals surface area contributed by atoms with Crippen molar-refractivity contribution in [3.63, 3.8) is 0 Å². The highest BCUT2D eigenvalue weighted by molar-refractivity contribution is 14.1. The van der Waals surface area contributed by atoms with E-state index in [4.69, 9.17) is 4.74 Å². The molecule has 1 atom stereocenters. The average Bonchev–Trinajstić information content (AvgIpc) is 2.28. The molecule has 1 aromatic rings. The number of amides is 1. The standard InChI is InChI=1S/C12H16INO2/c1-3-9(2)14-12(15)8-16-11-6-4-10(13)5-7-11/h4-7,9H,3,8H2,1-2H3,(H,14,15). The Morgan fingerprint density at radius 3 is 2.62 bits per heavy atom. The molecule has 1 rings (SSSR count). The number of benzene rings is 1. The highest BCUT2D eigenvalue weighted by Crippen LogP contribution is 2.13. The molecule has 0 aromatic heterocycles. The summed E-state index contributed by atoms with van der Waals surface area (Å²) >= 11 is 2.22. The number of hydrogen-bond acceptors (Lipinski definition) is 2. The molecular formula is C12H16INO2. The van der Waals surface area contributed by atoms with Crippen molar-refractivity contribution in [1.29, 1.82) is 0 Å². The number of rotatable bonds is 5. The van der Waals surface area contributed by atoms with Gasteiger partial charge in [0.2, 0.25) is 0 Å². The zero-order valence-corrected chi connectivity index (χ0v) is 11.7. The van der Waals surface area contributed by atoms with Gasteiger partial charge in [0.15, 0.2) is 6.61 Å². The van der Waals surface area contributed by atoms with E-state index in [1.165, 1.54) is 0 Å². The Labute approximate surface area is 110 Å². The van der Waals surface area contributed by atoms with Gasteiger partial charge in [-0.15, -0.1) is 0 Å². The van der Waals surface area contributed by atoms with E-state index in [2.05, 4.69) is 27.9 Å². The van der Waals surface area contributed by atoms with E-state index >= 15 is 0 Å². The van der Waals surface area contributed by atoms with Crippen molar-refractivity contribution in [2.45, 2.75) is 26.3 Å². The average molecular weight is 333 g/mol. The van der Waals surface area contributed by atoms with Crippen LogP contribution in [0.15, 0.2) is 24.3 Å². The van der Waals surface area contributed by atoms with Crippen molar-refractivity contribution < 1.29 is 9.53 Å². The van der Waals surface area contributed by atoms with Gasteiger partial charge in [-0.25, -0.2) is 0 Å². The van der Waals surface area contributed by atoms with Gasteiger partial charge in [0.05, 0.1) is 0 Å². The van der Waals surface area contributed by atoms with E-state index in [9.17, 15) is 4.79 Å². The van der Waals surface area contributed by atoms with Crippen molar-refractivity contribution >= 4 is 28.5 Å². The Bertz CT molecular complexity index is 337. The summed E-state index contributed by atoms with van der Waals surface area (Å²) in [7, 11) is 0. The fraction of sp³-hybridized carbons (Fsp3) is 0.417. The van der Waals surface area contributed by atoms with Crippen molar-refractivity contribution in [1.82, 2.24) is 5.32 Å². The molecule has 0 radical (unpaired) electrons. The van der Waals surface area contributed by atoms with Gasteiger partial charge in [-0.2, -0.15) is 0 Å². The van der Waals surface area contributed by atoms with Gasteiger partial charge in [0, 0.05) is 9.61 Å².